The third-order valence-electron chi connectivity index (χ3n) is 6.23. The first-order valence-electron chi connectivity index (χ1n) is 13.2. The molecule has 1 atom stereocenters. The molecule has 0 aliphatic heterocycles. The summed E-state index contributed by atoms with van der Waals surface area (Å²) < 4.78 is 0. The van der Waals surface area contributed by atoms with Gasteiger partial charge >= 0.3 is 5.97 Å². The highest BCUT2D eigenvalue weighted by atomic mass is 35.5. The molecule has 4 aromatic carbocycles. The Kier molecular flexibility index (Phi) is 10.4. The van der Waals surface area contributed by atoms with Gasteiger partial charge in [-0.3, -0.25) is 14.4 Å². The second kappa shape index (κ2) is 14.4. The fraction of sp³-hybridized carbons (Fsp3) is 0.0909. The van der Waals surface area contributed by atoms with E-state index in [1.165, 1.54) is 23.9 Å². The van der Waals surface area contributed by atoms with Crippen LogP contribution in [0.4, 0.5) is 11.4 Å². The zero-order valence-electron chi connectivity index (χ0n) is 23.3. The summed E-state index contributed by atoms with van der Waals surface area (Å²) in [4.78, 5) is 51.0. The number of hydrogen-bond acceptors (Lipinski definition) is 5. The van der Waals surface area contributed by atoms with Crippen LogP contribution in [-0.2, 0) is 9.59 Å². The SMILES string of the molecule is Cc1ccc(C(=O)O)cc1NC(=O)C(C)Sc1ccc(NC(=O)/C(=C/c2cccc(Cl)c2)NC(=O)c2ccccc2)cc1. The van der Waals surface area contributed by atoms with Gasteiger partial charge in [-0.15, -0.1) is 11.8 Å². The van der Waals surface area contributed by atoms with E-state index >= 15 is 0 Å². The zero-order chi connectivity index (χ0) is 30.9. The summed E-state index contributed by atoms with van der Waals surface area (Å²) in [6, 6.07) is 26.9. The number of aryl methyl sites for hydroxylation is 1. The fourth-order valence-electron chi connectivity index (χ4n) is 3.90. The Bertz CT molecular complexity index is 1690. The van der Waals surface area contributed by atoms with E-state index < -0.39 is 23.0 Å². The Labute approximate surface area is 258 Å². The number of carboxylic acid groups (broad SMARTS) is 1. The number of hydrogen-bond donors (Lipinski definition) is 4. The summed E-state index contributed by atoms with van der Waals surface area (Å²) in [5.74, 6) is -2.32. The molecule has 4 aromatic rings. The number of carboxylic acids is 1. The fourth-order valence-corrected chi connectivity index (χ4v) is 4.97. The second-order valence-corrected chi connectivity index (χ2v) is 11.3. The van der Waals surface area contributed by atoms with Gasteiger partial charge < -0.3 is 21.1 Å². The molecule has 0 bridgehead atoms. The van der Waals surface area contributed by atoms with Crippen LogP contribution in [-0.4, -0.2) is 34.0 Å². The molecule has 0 heterocycles. The lowest BCUT2D eigenvalue weighted by Gasteiger charge is -2.15. The lowest BCUT2D eigenvalue weighted by molar-refractivity contribution is -0.115. The molecule has 3 amide bonds. The lowest BCUT2D eigenvalue weighted by Crippen LogP contribution is -2.30. The highest BCUT2D eigenvalue weighted by molar-refractivity contribution is 8.00. The summed E-state index contributed by atoms with van der Waals surface area (Å²) in [6.45, 7) is 3.53. The minimum Gasteiger partial charge on any atom is -0.478 e. The maximum atomic E-state index is 13.3. The second-order valence-electron chi connectivity index (χ2n) is 9.50. The number of carbonyl (C=O) groups excluding carboxylic acids is 3. The number of thioether (sulfide) groups is 1. The monoisotopic (exact) mass is 613 g/mol. The predicted molar refractivity (Wildman–Crippen MR) is 170 cm³/mol. The minimum absolute atomic E-state index is 0.0297. The van der Waals surface area contributed by atoms with Crippen LogP contribution in [0.25, 0.3) is 6.08 Å². The molecular weight excluding hydrogens is 586 g/mol. The van der Waals surface area contributed by atoms with Gasteiger partial charge in [0.15, 0.2) is 0 Å². The van der Waals surface area contributed by atoms with Crippen molar-refractivity contribution in [1.29, 1.82) is 0 Å². The number of nitrogens with one attached hydrogen (secondary N) is 3. The molecule has 0 fully saturated rings. The standard InChI is InChI=1S/C33H28ClN3O5S/c1-20-11-12-24(33(41)42)19-28(20)36-30(38)21(2)43-27-15-13-26(14-16-27)35-32(40)29(18-22-7-6-10-25(34)17-22)37-31(39)23-8-4-3-5-9-23/h3-19,21H,1-2H3,(H,35,40)(H,36,38)(H,37,39)(H,41,42)/b29-18-. The first-order chi connectivity index (χ1) is 20.6. The number of rotatable bonds is 10. The summed E-state index contributed by atoms with van der Waals surface area (Å²) in [7, 11) is 0. The molecule has 0 aliphatic carbocycles. The van der Waals surface area contributed by atoms with Crippen molar-refractivity contribution >= 4 is 64.5 Å². The molecule has 0 saturated heterocycles. The van der Waals surface area contributed by atoms with Gasteiger partial charge in [0.2, 0.25) is 5.91 Å². The molecule has 10 heteroatoms. The number of benzene rings is 4. The molecule has 0 radical (unpaired) electrons. The summed E-state index contributed by atoms with van der Waals surface area (Å²) in [6.07, 6.45) is 1.54. The van der Waals surface area contributed by atoms with Crippen LogP contribution in [0, 0.1) is 6.92 Å². The Morgan fingerprint density at radius 2 is 1.56 bits per heavy atom. The van der Waals surface area contributed by atoms with Crippen molar-refractivity contribution in [3.63, 3.8) is 0 Å². The molecule has 43 heavy (non-hydrogen) atoms. The maximum absolute atomic E-state index is 13.3. The van der Waals surface area contributed by atoms with E-state index in [1.807, 2.05) is 0 Å². The smallest absolute Gasteiger partial charge is 0.335 e. The average molecular weight is 614 g/mol. The molecule has 218 valence electrons. The van der Waals surface area contributed by atoms with Crippen molar-refractivity contribution in [3.8, 4) is 0 Å². The van der Waals surface area contributed by atoms with Crippen LogP contribution in [0.3, 0.4) is 0 Å². The Balaban J connectivity index is 1.43. The van der Waals surface area contributed by atoms with Gasteiger partial charge in [0, 0.05) is 26.9 Å². The first kappa shape index (κ1) is 31.1. The predicted octanol–water partition coefficient (Wildman–Crippen LogP) is 6.88. The van der Waals surface area contributed by atoms with Gasteiger partial charge in [0.05, 0.1) is 10.8 Å². The van der Waals surface area contributed by atoms with Crippen LogP contribution in [0.2, 0.25) is 5.02 Å². The number of aromatic carboxylic acids is 1. The minimum atomic E-state index is -1.07. The number of amides is 3. The summed E-state index contributed by atoms with van der Waals surface area (Å²) in [5, 5.41) is 17.5. The van der Waals surface area contributed by atoms with E-state index in [1.54, 1.807) is 105 Å². The van der Waals surface area contributed by atoms with Crippen molar-refractivity contribution in [3.05, 3.63) is 130 Å². The van der Waals surface area contributed by atoms with E-state index in [4.69, 9.17) is 11.6 Å². The molecule has 1 unspecified atom stereocenters. The van der Waals surface area contributed by atoms with Crippen molar-refractivity contribution in [2.45, 2.75) is 24.0 Å². The van der Waals surface area contributed by atoms with Gasteiger partial charge in [-0.2, -0.15) is 0 Å². The third kappa shape index (κ3) is 8.81. The molecular formula is C33H28ClN3O5S. The van der Waals surface area contributed by atoms with Gasteiger partial charge in [-0.05, 0) is 91.7 Å². The average Bonchev–Trinajstić information content (AvgIpc) is 2.99. The van der Waals surface area contributed by atoms with E-state index in [2.05, 4.69) is 16.0 Å². The van der Waals surface area contributed by atoms with E-state index in [0.717, 1.165) is 10.5 Å². The topological polar surface area (TPSA) is 125 Å². The largest absolute Gasteiger partial charge is 0.478 e. The van der Waals surface area contributed by atoms with Gasteiger partial charge in [0.1, 0.15) is 5.70 Å². The molecule has 4 rings (SSSR count). The number of carbonyl (C=O) groups is 4. The van der Waals surface area contributed by atoms with Crippen molar-refractivity contribution in [2.75, 3.05) is 10.6 Å². The van der Waals surface area contributed by atoms with Gasteiger partial charge in [-0.1, -0.05) is 48.0 Å². The molecule has 0 spiro atoms. The van der Waals surface area contributed by atoms with Crippen molar-refractivity contribution in [2.24, 2.45) is 0 Å². The Morgan fingerprint density at radius 1 is 0.837 bits per heavy atom. The maximum Gasteiger partial charge on any atom is 0.335 e. The summed E-state index contributed by atoms with van der Waals surface area (Å²) in [5.41, 5.74) is 2.83. The van der Waals surface area contributed by atoms with E-state index in [-0.39, 0.29) is 17.2 Å². The van der Waals surface area contributed by atoms with Crippen molar-refractivity contribution in [1.82, 2.24) is 5.32 Å². The molecule has 8 nitrogen and oxygen atoms in total. The lowest BCUT2D eigenvalue weighted by atomic mass is 10.1. The van der Waals surface area contributed by atoms with Crippen LogP contribution in [0.1, 0.15) is 38.8 Å². The van der Waals surface area contributed by atoms with Gasteiger partial charge in [0.25, 0.3) is 11.8 Å². The van der Waals surface area contributed by atoms with Crippen LogP contribution in [0.15, 0.2) is 108 Å². The van der Waals surface area contributed by atoms with Crippen LogP contribution >= 0.6 is 23.4 Å². The van der Waals surface area contributed by atoms with Crippen molar-refractivity contribution < 1.29 is 24.3 Å². The highest BCUT2D eigenvalue weighted by Gasteiger charge is 2.18. The molecule has 0 saturated carbocycles. The van der Waals surface area contributed by atoms with E-state index in [9.17, 15) is 24.3 Å². The third-order valence-corrected chi connectivity index (χ3v) is 7.57. The van der Waals surface area contributed by atoms with Crippen LogP contribution in [0.5, 0.6) is 0 Å². The molecule has 0 aliphatic rings. The normalized spacial score (nSPS) is 11.7. The highest BCUT2D eigenvalue weighted by Crippen LogP contribution is 2.27. The Morgan fingerprint density at radius 3 is 2.23 bits per heavy atom. The molecule has 4 N–H and O–H groups in total. The van der Waals surface area contributed by atoms with E-state index in [0.29, 0.717) is 27.5 Å². The quantitative estimate of drug-likeness (QED) is 0.114. The zero-order valence-corrected chi connectivity index (χ0v) is 24.8. The first-order valence-corrected chi connectivity index (χ1v) is 14.4. The summed E-state index contributed by atoms with van der Waals surface area (Å²) >= 11 is 7.42. The Hall–Kier alpha value is -4.86. The van der Waals surface area contributed by atoms with Gasteiger partial charge in [-0.25, -0.2) is 4.79 Å². The molecule has 0 aromatic heterocycles. The number of anilines is 2. The van der Waals surface area contributed by atoms with Crippen LogP contribution < -0.4 is 16.0 Å². The number of halogens is 1.